The topological polar surface area (TPSA) is 45.6 Å². The number of benzene rings is 2. The summed E-state index contributed by atoms with van der Waals surface area (Å²) in [6, 6.07) is 18.7. The largest absolute Gasteiger partial charge is 0.489 e. The number of ether oxygens (including phenoxy) is 1. The van der Waals surface area contributed by atoms with Crippen LogP contribution in [0.2, 0.25) is 0 Å². The zero-order chi connectivity index (χ0) is 22.0. The van der Waals surface area contributed by atoms with Crippen LogP contribution in [0.4, 0.5) is 4.39 Å². The van der Waals surface area contributed by atoms with Crippen molar-refractivity contribution >= 4 is 0 Å². The van der Waals surface area contributed by atoms with Crippen LogP contribution >= 0.6 is 0 Å². The second-order valence-electron chi connectivity index (χ2n) is 9.11. The summed E-state index contributed by atoms with van der Waals surface area (Å²) in [6.07, 6.45) is 6.87. The first-order chi connectivity index (χ1) is 15.6. The molecule has 1 aromatic heterocycles. The zero-order valence-electron chi connectivity index (χ0n) is 18.2. The fourth-order valence-corrected chi connectivity index (χ4v) is 5.47. The van der Waals surface area contributed by atoms with Gasteiger partial charge in [-0.05, 0) is 42.7 Å². The third kappa shape index (κ3) is 4.15. The fraction of sp³-hybridized carbons (Fsp3) is 0.370. The molecule has 2 bridgehead atoms. The van der Waals surface area contributed by atoms with Crippen LogP contribution in [0.25, 0.3) is 0 Å². The van der Waals surface area contributed by atoms with E-state index in [0.29, 0.717) is 5.56 Å². The lowest BCUT2D eigenvalue weighted by atomic mass is 9.63. The Morgan fingerprint density at radius 3 is 2.44 bits per heavy atom. The summed E-state index contributed by atoms with van der Waals surface area (Å²) in [5, 5.41) is 11.7. The van der Waals surface area contributed by atoms with Crippen LogP contribution in [0.1, 0.15) is 36.0 Å². The number of aromatic nitrogens is 1. The number of pyridine rings is 1. The molecule has 2 aromatic carbocycles. The Morgan fingerprint density at radius 1 is 1.00 bits per heavy atom. The minimum Gasteiger partial charge on any atom is -0.489 e. The van der Waals surface area contributed by atoms with Gasteiger partial charge in [0.05, 0.1) is 5.60 Å². The van der Waals surface area contributed by atoms with Crippen molar-refractivity contribution in [3.05, 3.63) is 95.6 Å². The molecule has 166 valence electrons. The number of likely N-dealkylation sites (tertiary alicyclic amines) is 1. The van der Waals surface area contributed by atoms with Crippen molar-refractivity contribution < 1.29 is 14.2 Å². The Balaban J connectivity index is 1.22. The molecule has 0 unspecified atom stereocenters. The molecule has 3 aromatic rings. The summed E-state index contributed by atoms with van der Waals surface area (Å²) in [5.41, 5.74) is 1.96. The second kappa shape index (κ2) is 9.00. The van der Waals surface area contributed by atoms with E-state index in [1.807, 2.05) is 36.5 Å². The molecule has 0 radical (unpaired) electrons. The van der Waals surface area contributed by atoms with Gasteiger partial charge in [0.1, 0.15) is 18.2 Å². The smallest absolute Gasteiger partial charge is 0.129 e. The van der Waals surface area contributed by atoms with E-state index in [1.54, 1.807) is 18.3 Å². The van der Waals surface area contributed by atoms with Crippen molar-refractivity contribution in [1.82, 2.24) is 9.88 Å². The Hall–Kier alpha value is -2.76. The lowest BCUT2D eigenvalue weighted by Crippen LogP contribution is -2.57. The van der Waals surface area contributed by atoms with Gasteiger partial charge in [-0.1, -0.05) is 42.8 Å². The highest BCUT2D eigenvalue weighted by Crippen LogP contribution is 2.49. The Labute approximate surface area is 188 Å². The van der Waals surface area contributed by atoms with Crippen molar-refractivity contribution in [2.24, 2.45) is 11.8 Å². The van der Waals surface area contributed by atoms with Crippen LogP contribution in [0.5, 0.6) is 5.75 Å². The van der Waals surface area contributed by atoms with Gasteiger partial charge in [-0.3, -0.25) is 9.88 Å². The van der Waals surface area contributed by atoms with Crippen LogP contribution in [0.3, 0.4) is 0 Å². The third-order valence-corrected chi connectivity index (χ3v) is 7.11. The number of halogens is 1. The molecule has 2 aliphatic rings. The van der Waals surface area contributed by atoms with Crippen molar-refractivity contribution in [3.63, 3.8) is 0 Å². The molecule has 1 N–H and O–H groups in total. The maximum absolute atomic E-state index is 13.8. The van der Waals surface area contributed by atoms with E-state index in [9.17, 15) is 9.50 Å². The number of aliphatic hydroxyl groups is 1. The maximum atomic E-state index is 13.8. The number of hydrogen-bond donors (Lipinski definition) is 1. The molecule has 2 atom stereocenters. The van der Waals surface area contributed by atoms with Crippen LogP contribution in [0.15, 0.2) is 73.1 Å². The molecule has 0 spiro atoms. The standard InChI is InChI=1S/C27H29FN2O2/c28-26-9-2-1-5-21(26)19-32-25-12-10-20(11-13-25)16-30-17-23-6-3-7-24(18-30)27(23,31)22-8-4-14-29-15-22/h1-2,4-5,8-15,23-24,31H,3,6-7,16-19H2/t23-,24-/m1/s1. The fourth-order valence-electron chi connectivity index (χ4n) is 5.47. The lowest BCUT2D eigenvalue weighted by Gasteiger charge is -2.53. The van der Waals surface area contributed by atoms with Gasteiger partial charge in [0.2, 0.25) is 0 Å². The molecule has 1 aliphatic heterocycles. The van der Waals surface area contributed by atoms with Gasteiger partial charge in [-0.25, -0.2) is 4.39 Å². The average Bonchev–Trinajstić information content (AvgIpc) is 2.81. The van der Waals surface area contributed by atoms with Gasteiger partial charge in [-0.2, -0.15) is 0 Å². The first-order valence-corrected chi connectivity index (χ1v) is 11.4. The van der Waals surface area contributed by atoms with E-state index in [2.05, 4.69) is 22.0 Å². The van der Waals surface area contributed by atoms with Crippen LogP contribution in [0, 0.1) is 17.7 Å². The van der Waals surface area contributed by atoms with Gasteiger partial charge in [0, 0.05) is 55.0 Å². The highest BCUT2D eigenvalue weighted by molar-refractivity contribution is 5.29. The van der Waals surface area contributed by atoms with E-state index in [0.717, 1.165) is 43.8 Å². The molecular formula is C27H29FN2O2. The summed E-state index contributed by atoms with van der Waals surface area (Å²) < 4.78 is 19.5. The molecule has 2 heterocycles. The van der Waals surface area contributed by atoms with E-state index in [-0.39, 0.29) is 24.3 Å². The summed E-state index contributed by atoms with van der Waals surface area (Å²) in [7, 11) is 0. The van der Waals surface area contributed by atoms with Crippen LogP contribution in [-0.4, -0.2) is 28.1 Å². The second-order valence-corrected chi connectivity index (χ2v) is 9.11. The normalized spacial score (nSPS) is 25.4. The molecule has 0 amide bonds. The molecule has 1 saturated carbocycles. The van der Waals surface area contributed by atoms with Crippen molar-refractivity contribution in [1.29, 1.82) is 0 Å². The SMILES string of the molecule is OC1(c2cccnc2)[C@@H]2CCC[C@@H]1CN(Cc1ccc(OCc3ccccc3F)cc1)C2. The van der Waals surface area contributed by atoms with Gasteiger partial charge in [0.25, 0.3) is 0 Å². The van der Waals surface area contributed by atoms with E-state index >= 15 is 0 Å². The molecule has 1 saturated heterocycles. The summed E-state index contributed by atoms with van der Waals surface area (Å²) in [4.78, 5) is 6.73. The molecule has 5 rings (SSSR count). The van der Waals surface area contributed by atoms with Gasteiger partial charge >= 0.3 is 0 Å². The quantitative estimate of drug-likeness (QED) is 0.601. The third-order valence-electron chi connectivity index (χ3n) is 7.11. The van der Waals surface area contributed by atoms with Gasteiger partial charge < -0.3 is 9.84 Å². The van der Waals surface area contributed by atoms with Crippen molar-refractivity contribution in [2.45, 2.75) is 38.0 Å². The van der Waals surface area contributed by atoms with E-state index in [1.165, 1.54) is 18.1 Å². The van der Waals surface area contributed by atoms with Gasteiger partial charge in [0.15, 0.2) is 0 Å². The molecule has 4 nitrogen and oxygen atoms in total. The molecule has 2 fully saturated rings. The maximum Gasteiger partial charge on any atom is 0.129 e. The molecule has 32 heavy (non-hydrogen) atoms. The predicted octanol–water partition coefficient (Wildman–Crippen LogP) is 4.92. The average molecular weight is 433 g/mol. The lowest BCUT2D eigenvalue weighted by molar-refractivity contribution is -0.148. The van der Waals surface area contributed by atoms with E-state index < -0.39 is 5.60 Å². The first-order valence-electron chi connectivity index (χ1n) is 11.4. The van der Waals surface area contributed by atoms with Crippen molar-refractivity contribution in [2.75, 3.05) is 13.1 Å². The summed E-state index contributed by atoms with van der Waals surface area (Å²) >= 11 is 0. The number of nitrogens with zero attached hydrogens (tertiary/aromatic N) is 2. The van der Waals surface area contributed by atoms with Gasteiger partial charge in [-0.15, -0.1) is 0 Å². The first kappa shape index (κ1) is 21.1. The monoisotopic (exact) mass is 432 g/mol. The number of hydrogen-bond acceptors (Lipinski definition) is 4. The highest BCUT2D eigenvalue weighted by atomic mass is 19.1. The summed E-state index contributed by atoms with van der Waals surface area (Å²) in [5.74, 6) is 0.939. The molecular weight excluding hydrogens is 403 g/mol. The predicted molar refractivity (Wildman–Crippen MR) is 121 cm³/mol. The Morgan fingerprint density at radius 2 is 1.75 bits per heavy atom. The minimum atomic E-state index is -0.770. The van der Waals surface area contributed by atoms with Crippen LogP contribution < -0.4 is 4.74 Å². The van der Waals surface area contributed by atoms with E-state index in [4.69, 9.17) is 4.74 Å². The highest BCUT2D eigenvalue weighted by Gasteiger charge is 2.51. The molecule has 5 heteroatoms. The molecule has 1 aliphatic carbocycles. The Bertz CT molecular complexity index is 1030. The zero-order valence-corrected chi connectivity index (χ0v) is 18.2. The van der Waals surface area contributed by atoms with Crippen LogP contribution in [-0.2, 0) is 18.8 Å². The minimum absolute atomic E-state index is 0.217. The van der Waals surface area contributed by atoms with Crippen molar-refractivity contribution in [3.8, 4) is 5.75 Å². The number of piperidine rings is 1. The number of fused-ring (bicyclic) bond motifs is 2. The Kier molecular flexibility index (Phi) is 5.94. The summed E-state index contributed by atoms with van der Waals surface area (Å²) in [6.45, 7) is 2.83. The number of rotatable bonds is 6.